The molecule has 0 radical (unpaired) electrons. The second-order valence-corrected chi connectivity index (χ2v) is 7.24. The van der Waals surface area contributed by atoms with E-state index in [2.05, 4.69) is 16.8 Å². The van der Waals surface area contributed by atoms with Crippen molar-refractivity contribution in [2.24, 2.45) is 11.8 Å². The molecule has 1 aromatic heterocycles. The Hall–Kier alpha value is -1.65. The maximum Gasteiger partial charge on any atom is 0.119 e. The van der Waals surface area contributed by atoms with Crippen molar-refractivity contribution >= 4 is 10.9 Å². The lowest BCUT2D eigenvalue weighted by Crippen LogP contribution is -2.55. The van der Waals surface area contributed by atoms with Crippen LogP contribution >= 0.6 is 0 Å². The molecule has 5 atom stereocenters. The first-order chi connectivity index (χ1) is 11.7. The van der Waals surface area contributed by atoms with Gasteiger partial charge < -0.3 is 9.84 Å². The van der Waals surface area contributed by atoms with Crippen LogP contribution < -0.4 is 4.74 Å². The highest BCUT2D eigenvalue weighted by Gasteiger charge is 2.42. The Morgan fingerprint density at radius 3 is 2.96 bits per heavy atom. The van der Waals surface area contributed by atoms with E-state index in [-0.39, 0.29) is 6.04 Å². The van der Waals surface area contributed by atoms with E-state index in [0.717, 1.165) is 53.6 Å². The molecule has 1 aromatic carbocycles. The molecule has 24 heavy (non-hydrogen) atoms. The van der Waals surface area contributed by atoms with E-state index in [0.29, 0.717) is 0 Å². The van der Waals surface area contributed by atoms with Crippen molar-refractivity contribution in [2.45, 2.75) is 38.3 Å². The Morgan fingerprint density at radius 1 is 1.38 bits per heavy atom. The van der Waals surface area contributed by atoms with Crippen LogP contribution in [-0.2, 0) is 0 Å². The Kier molecular flexibility index (Phi) is 4.19. The molecule has 0 unspecified atom stereocenters. The van der Waals surface area contributed by atoms with Crippen molar-refractivity contribution in [2.75, 3.05) is 20.2 Å². The van der Waals surface area contributed by atoms with E-state index in [4.69, 9.17) is 4.74 Å². The second kappa shape index (κ2) is 6.34. The molecule has 2 aromatic rings. The smallest absolute Gasteiger partial charge is 0.119 e. The maximum atomic E-state index is 11.2. The number of rotatable bonds is 4. The van der Waals surface area contributed by atoms with Gasteiger partial charge in [-0.2, -0.15) is 0 Å². The summed E-state index contributed by atoms with van der Waals surface area (Å²) in [4.78, 5) is 6.94. The summed E-state index contributed by atoms with van der Waals surface area (Å²) in [6.07, 6.45) is 4.97. The molecule has 128 valence electrons. The summed E-state index contributed by atoms with van der Waals surface area (Å²) in [5, 5.41) is 12.2. The average Bonchev–Trinajstić information content (AvgIpc) is 2.66. The summed E-state index contributed by atoms with van der Waals surface area (Å²) in [6, 6.07) is 8.07. The number of hydrogen-bond donors (Lipinski definition) is 1. The summed E-state index contributed by atoms with van der Waals surface area (Å²) in [6.45, 7) is 4.55. The van der Waals surface area contributed by atoms with Gasteiger partial charge in [0.05, 0.1) is 18.7 Å². The zero-order valence-corrected chi connectivity index (χ0v) is 14.5. The highest BCUT2D eigenvalue weighted by molar-refractivity contribution is 5.83. The fourth-order valence-corrected chi connectivity index (χ4v) is 4.71. The number of fused-ring (bicyclic) bond motifs is 4. The number of aromatic nitrogens is 1. The van der Waals surface area contributed by atoms with Crippen molar-refractivity contribution in [3.8, 4) is 5.75 Å². The number of nitrogens with zero attached hydrogens (tertiary/aromatic N) is 2. The minimum atomic E-state index is -0.469. The molecule has 0 spiro atoms. The van der Waals surface area contributed by atoms with E-state index in [1.165, 1.54) is 12.8 Å². The minimum Gasteiger partial charge on any atom is -0.497 e. The zero-order valence-electron chi connectivity index (χ0n) is 14.5. The molecule has 4 heteroatoms. The van der Waals surface area contributed by atoms with E-state index in [9.17, 15) is 5.11 Å². The molecule has 0 saturated carbocycles. The van der Waals surface area contributed by atoms with Gasteiger partial charge in [-0.05, 0) is 61.1 Å². The van der Waals surface area contributed by atoms with Gasteiger partial charge in [-0.25, -0.2) is 0 Å². The summed E-state index contributed by atoms with van der Waals surface area (Å²) < 4.78 is 5.36. The number of piperidine rings is 3. The molecule has 3 aliphatic heterocycles. The van der Waals surface area contributed by atoms with Gasteiger partial charge in [-0.15, -0.1) is 0 Å². The third-order valence-corrected chi connectivity index (χ3v) is 6.13. The van der Waals surface area contributed by atoms with E-state index in [1.54, 1.807) is 13.3 Å². The number of aliphatic hydroxyl groups is 1. The molecule has 3 saturated heterocycles. The average molecular weight is 326 g/mol. The predicted octanol–water partition coefficient (Wildman–Crippen LogP) is 3.40. The first-order valence-electron chi connectivity index (χ1n) is 9.06. The predicted molar refractivity (Wildman–Crippen MR) is 95.1 cm³/mol. The lowest BCUT2D eigenvalue weighted by atomic mass is 9.72. The van der Waals surface area contributed by atoms with Gasteiger partial charge in [0.25, 0.3) is 0 Å². The standard InChI is InChI=1S/C20H26N2O2/c1-3-13-12-22-9-7-14(13)10-19(22)20(23)16-6-8-21-18-5-4-15(24-2)11-17(16)18/h4-6,8,11,13-14,19-20,23H,3,7,9-10,12H2,1-2H3/t13-,14-,19+,20+/m0/s1. The monoisotopic (exact) mass is 326 g/mol. The highest BCUT2D eigenvalue weighted by atomic mass is 16.5. The summed E-state index contributed by atoms with van der Waals surface area (Å²) >= 11 is 0. The summed E-state index contributed by atoms with van der Waals surface area (Å²) in [5.41, 5.74) is 1.89. The third kappa shape index (κ3) is 2.58. The minimum absolute atomic E-state index is 0.225. The lowest BCUT2D eigenvalue weighted by Gasteiger charge is -2.51. The summed E-state index contributed by atoms with van der Waals surface area (Å²) in [7, 11) is 1.67. The molecule has 5 rings (SSSR count). The molecule has 2 bridgehead atoms. The number of methoxy groups -OCH3 is 1. The fraction of sp³-hybridized carbons (Fsp3) is 0.550. The number of hydrogen-bond acceptors (Lipinski definition) is 4. The topological polar surface area (TPSA) is 45.6 Å². The quantitative estimate of drug-likeness (QED) is 0.935. The van der Waals surface area contributed by atoms with Crippen LogP contribution in [-0.4, -0.2) is 41.2 Å². The van der Waals surface area contributed by atoms with Gasteiger partial charge in [0.2, 0.25) is 0 Å². The second-order valence-electron chi connectivity index (χ2n) is 7.24. The van der Waals surface area contributed by atoms with Crippen LogP contribution in [0.2, 0.25) is 0 Å². The molecule has 1 N–H and O–H groups in total. The number of pyridine rings is 1. The Labute approximate surface area is 143 Å². The third-order valence-electron chi connectivity index (χ3n) is 6.13. The normalized spacial score (nSPS) is 30.5. The first kappa shape index (κ1) is 15.9. The van der Waals surface area contributed by atoms with Crippen LogP contribution in [0.15, 0.2) is 30.5 Å². The number of benzene rings is 1. The number of aliphatic hydroxyl groups excluding tert-OH is 1. The summed E-state index contributed by atoms with van der Waals surface area (Å²) in [5.74, 6) is 2.37. The molecular formula is C20H26N2O2. The molecular weight excluding hydrogens is 300 g/mol. The maximum absolute atomic E-state index is 11.2. The van der Waals surface area contributed by atoms with Crippen LogP contribution in [0.4, 0.5) is 0 Å². The molecule has 4 nitrogen and oxygen atoms in total. The molecule has 3 fully saturated rings. The Balaban J connectivity index is 1.68. The molecule has 0 amide bonds. The van der Waals surface area contributed by atoms with Crippen molar-refractivity contribution in [1.29, 1.82) is 0 Å². The van der Waals surface area contributed by atoms with Crippen molar-refractivity contribution < 1.29 is 9.84 Å². The van der Waals surface area contributed by atoms with Crippen LogP contribution in [0.25, 0.3) is 10.9 Å². The van der Waals surface area contributed by atoms with Crippen LogP contribution in [0.5, 0.6) is 5.75 Å². The van der Waals surface area contributed by atoms with Gasteiger partial charge >= 0.3 is 0 Å². The van der Waals surface area contributed by atoms with Gasteiger partial charge in [-0.1, -0.05) is 13.3 Å². The van der Waals surface area contributed by atoms with Crippen LogP contribution in [0.3, 0.4) is 0 Å². The van der Waals surface area contributed by atoms with Gasteiger partial charge in [0.1, 0.15) is 5.75 Å². The van der Waals surface area contributed by atoms with Crippen molar-refractivity contribution in [3.63, 3.8) is 0 Å². The van der Waals surface area contributed by atoms with Crippen LogP contribution in [0, 0.1) is 11.8 Å². The van der Waals surface area contributed by atoms with E-state index in [1.807, 2.05) is 24.3 Å². The fourth-order valence-electron chi connectivity index (χ4n) is 4.71. The van der Waals surface area contributed by atoms with Crippen molar-refractivity contribution in [3.05, 3.63) is 36.0 Å². The molecule has 4 heterocycles. The Bertz CT molecular complexity index is 733. The highest BCUT2D eigenvalue weighted by Crippen LogP contribution is 2.42. The Morgan fingerprint density at radius 2 is 2.25 bits per heavy atom. The van der Waals surface area contributed by atoms with Gasteiger partial charge in [0, 0.05) is 24.2 Å². The molecule has 3 aliphatic rings. The lowest BCUT2D eigenvalue weighted by molar-refractivity contribution is -0.0562. The first-order valence-corrected chi connectivity index (χ1v) is 9.06. The zero-order chi connectivity index (χ0) is 16.7. The SMILES string of the molecule is CC[C@H]1C[N@]2CC[C@H]1C[C@@H]2[C@H](O)c1ccnc2ccc(OC)cc12. The van der Waals surface area contributed by atoms with Crippen LogP contribution in [0.1, 0.15) is 37.9 Å². The largest absolute Gasteiger partial charge is 0.497 e. The van der Waals surface area contributed by atoms with E-state index >= 15 is 0 Å². The van der Waals surface area contributed by atoms with Gasteiger partial charge in [0.15, 0.2) is 0 Å². The van der Waals surface area contributed by atoms with Crippen molar-refractivity contribution in [1.82, 2.24) is 9.88 Å². The molecule has 0 aliphatic carbocycles. The van der Waals surface area contributed by atoms with Gasteiger partial charge in [-0.3, -0.25) is 9.88 Å². The van der Waals surface area contributed by atoms with E-state index < -0.39 is 6.10 Å². The number of ether oxygens (including phenoxy) is 1.